The van der Waals surface area contributed by atoms with Gasteiger partial charge in [-0.3, -0.25) is 4.79 Å². The fourth-order valence-electron chi connectivity index (χ4n) is 2.20. The second kappa shape index (κ2) is 5.06. The lowest BCUT2D eigenvalue weighted by atomic mass is 10.1. The van der Waals surface area contributed by atoms with Crippen LogP contribution in [0.3, 0.4) is 0 Å². The quantitative estimate of drug-likeness (QED) is 0.826. The number of hydrogen-bond acceptors (Lipinski definition) is 2. The average Bonchev–Trinajstić information content (AvgIpc) is 2.35. The first-order valence-electron chi connectivity index (χ1n) is 6.29. The van der Waals surface area contributed by atoms with E-state index < -0.39 is 0 Å². The molecule has 1 amide bonds. The Balaban J connectivity index is 2.21. The van der Waals surface area contributed by atoms with Crippen molar-refractivity contribution in [1.82, 2.24) is 10.2 Å². The number of halogens is 1. The summed E-state index contributed by atoms with van der Waals surface area (Å²) in [6.45, 7) is 7.18. The van der Waals surface area contributed by atoms with Gasteiger partial charge >= 0.3 is 0 Å². The molecule has 0 aliphatic carbocycles. The lowest BCUT2D eigenvalue weighted by molar-refractivity contribution is 0.0616. The molecule has 0 radical (unpaired) electrons. The summed E-state index contributed by atoms with van der Waals surface area (Å²) in [6, 6.07) is 5.09. The molecule has 98 valence electrons. The maximum Gasteiger partial charge on any atom is 0.254 e. The SMILES string of the molecule is Cc1ccc(C(=O)N2CC(C)NCC2C)cc1F. The molecule has 1 heterocycles. The molecule has 2 rings (SSSR count). The number of piperazine rings is 1. The maximum atomic E-state index is 13.5. The van der Waals surface area contributed by atoms with Gasteiger partial charge in [0, 0.05) is 30.7 Å². The van der Waals surface area contributed by atoms with E-state index >= 15 is 0 Å². The van der Waals surface area contributed by atoms with Crippen LogP contribution in [0.25, 0.3) is 0 Å². The Kier molecular flexibility index (Phi) is 3.66. The van der Waals surface area contributed by atoms with E-state index in [0.29, 0.717) is 17.7 Å². The van der Waals surface area contributed by atoms with E-state index in [1.807, 2.05) is 18.7 Å². The number of hydrogen-bond donors (Lipinski definition) is 1. The van der Waals surface area contributed by atoms with Crippen LogP contribution in [-0.4, -0.2) is 36.0 Å². The van der Waals surface area contributed by atoms with Gasteiger partial charge in [0.05, 0.1) is 0 Å². The lowest BCUT2D eigenvalue weighted by Gasteiger charge is -2.37. The molecule has 1 aliphatic heterocycles. The Morgan fingerprint density at radius 1 is 1.44 bits per heavy atom. The number of amides is 1. The third-order valence-corrected chi connectivity index (χ3v) is 3.44. The monoisotopic (exact) mass is 250 g/mol. The molecule has 0 bridgehead atoms. The number of nitrogens with zero attached hydrogens (tertiary/aromatic N) is 1. The molecule has 3 nitrogen and oxygen atoms in total. The number of carbonyl (C=O) groups excluding carboxylic acids is 1. The smallest absolute Gasteiger partial charge is 0.254 e. The summed E-state index contributed by atoms with van der Waals surface area (Å²) < 4.78 is 13.5. The summed E-state index contributed by atoms with van der Waals surface area (Å²) in [7, 11) is 0. The van der Waals surface area contributed by atoms with Gasteiger partial charge in [-0.2, -0.15) is 0 Å². The number of aryl methyl sites for hydroxylation is 1. The Labute approximate surface area is 107 Å². The summed E-state index contributed by atoms with van der Waals surface area (Å²) in [5, 5.41) is 3.32. The predicted molar refractivity (Wildman–Crippen MR) is 69.1 cm³/mol. The average molecular weight is 250 g/mol. The van der Waals surface area contributed by atoms with E-state index in [1.165, 1.54) is 6.07 Å². The van der Waals surface area contributed by atoms with Gasteiger partial charge in [0.25, 0.3) is 5.91 Å². The molecule has 2 atom stereocenters. The lowest BCUT2D eigenvalue weighted by Crippen LogP contribution is -2.56. The Morgan fingerprint density at radius 2 is 2.17 bits per heavy atom. The van der Waals surface area contributed by atoms with Gasteiger partial charge in [-0.1, -0.05) is 6.07 Å². The van der Waals surface area contributed by atoms with E-state index in [-0.39, 0.29) is 23.8 Å². The van der Waals surface area contributed by atoms with Crippen LogP contribution in [0.4, 0.5) is 4.39 Å². The van der Waals surface area contributed by atoms with Crippen LogP contribution in [0.1, 0.15) is 29.8 Å². The van der Waals surface area contributed by atoms with Crippen LogP contribution in [0.15, 0.2) is 18.2 Å². The van der Waals surface area contributed by atoms with E-state index in [0.717, 1.165) is 6.54 Å². The molecule has 1 aromatic rings. The van der Waals surface area contributed by atoms with Gasteiger partial charge in [-0.15, -0.1) is 0 Å². The topological polar surface area (TPSA) is 32.3 Å². The maximum absolute atomic E-state index is 13.5. The van der Waals surface area contributed by atoms with Crippen LogP contribution >= 0.6 is 0 Å². The van der Waals surface area contributed by atoms with Crippen molar-refractivity contribution in [3.05, 3.63) is 35.1 Å². The normalized spacial score (nSPS) is 24.1. The molecule has 4 heteroatoms. The molecule has 0 aromatic heterocycles. The second-order valence-electron chi connectivity index (χ2n) is 5.08. The summed E-state index contributed by atoms with van der Waals surface area (Å²) in [4.78, 5) is 14.2. The molecule has 1 aliphatic rings. The van der Waals surface area contributed by atoms with E-state index in [9.17, 15) is 9.18 Å². The van der Waals surface area contributed by atoms with E-state index in [1.54, 1.807) is 19.1 Å². The van der Waals surface area contributed by atoms with Crippen molar-refractivity contribution >= 4 is 5.91 Å². The zero-order valence-electron chi connectivity index (χ0n) is 11.0. The minimum Gasteiger partial charge on any atom is -0.333 e. The number of carbonyl (C=O) groups is 1. The molecule has 0 spiro atoms. The molecular weight excluding hydrogens is 231 g/mol. The minimum atomic E-state index is -0.323. The molecule has 1 fully saturated rings. The first-order chi connectivity index (χ1) is 8.49. The van der Waals surface area contributed by atoms with Crippen LogP contribution in [0, 0.1) is 12.7 Å². The first kappa shape index (κ1) is 13.0. The molecule has 0 saturated carbocycles. The molecular formula is C14H19FN2O. The van der Waals surface area contributed by atoms with Crippen molar-refractivity contribution in [3.63, 3.8) is 0 Å². The highest BCUT2D eigenvalue weighted by Crippen LogP contribution is 2.15. The fraction of sp³-hybridized carbons (Fsp3) is 0.500. The molecule has 1 saturated heterocycles. The number of rotatable bonds is 1. The van der Waals surface area contributed by atoms with Crippen molar-refractivity contribution in [2.75, 3.05) is 13.1 Å². The molecule has 18 heavy (non-hydrogen) atoms. The van der Waals surface area contributed by atoms with Crippen LogP contribution in [0.2, 0.25) is 0 Å². The highest BCUT2D eigenvalue weighted by Gasteiger charge is 2.27. The van der Waals surface area contributed by atoms with Crippen molar-refractivity contribution in [2.24, 2.45) is 0 Å². The van der Waals surface area contributed by atoms with Gasteiger partial charge in [0.1, 0.15) is 5.82 Å². The predicted octanol–water partition coefficient (Wildman–Crippen LogP) is 1.96. The van der Waals surface area contributed by atoms with Gasteiger partial charge < -0.3 is 10.2 Å². The van der Waals surface area contributed by atoms with Crippen LogP contribution in [-0.2, 0) is 0 Å². The largest absolute Gasteiger partial charge is 0.333 e. The fourth-order valence-corrected chi connectivity index (χ4v) is 2.20. The Hall–Kier alpha value is -1.42. The Morgan fingerprint density at radius 3 is 2.83 bits per heavy atom. The zero-order chi connectivity index (χ0) is 13.3. The standard InChI is InChI=1S/C14H19FN2O/c1-9-4-5-12(6-13(9)15)14(18)17-8-10(2)16-7-11(17)3/h4-6,10-11,16H,7-8H2,1-3H3. The molecule has 1 aromatic carbocycles. The summed E-state index contributed by atoms with van der Waals surface area (Å²) in [6.07, 6.45) is 0. The van der Waals surface area contributed by atoms with Crippen LogP contribution < -0.4 is 5.32 Å². The highest BCUT2D eigenvalue weighted by atomic mass is 19.1. The zero-order valence-corrected chi connectivity index (χ0v) is 11.0. The van der Waals surface area contributed by atoms with E-state index in [2.05, 4.69) is 5.32 Å². The third kappa shape index (κ3) is 2.53. The van der Waals surface area contributed by atoms with E-state index in [4.69, 9.17) is 0 Å². The second-order valence-corrected chi connectivity index (χ2v) is 5.08. The number of benzene rings is 1. The summed E-state index contributed by atoms with van der Waals surface area (Å²) in [5.74, 6) is -0.411. The number of nitrogens with one attached hydrogen (secondary N) is 1. The summed E-state index contributed by atoms with van der Waals surface area (Å²) >= 11 is 0. The molecule has 2 unspecified atom stereocenters. The van der Waals surface area contributed by atoms with Crippen molar-refractivity contribution in [3.8, 4) is 0 Å². The van der Waals surface area contributed by atoms with Gasteiger partial charge in [-0.05, 0) is 38.5 Å². The van der Waals surface area contributed by atoms with Gasteiger partial charge in [-0.25, -0.2) is 4.39 Å². The summed E-state index contributed by atoms with van der Waals surface area (Å²) in [5.41, 5.74) is 0.993. The van der Waals surface area contributed by atoms with Crippen molar-refractivity contribution < 1.29 is 9.18 Å². The third-order valence-electron chi connectivity index (χ3n) is 3.44. The first-order valence-corrected chi connectivity index (χ1v) is 6.29. The van der Waals surface area contributed by atoms with Gasteiger partial charge in [0.15, 0.2) is 0 Å². The molecule has 1 N–H and O–H groups in total. The Bertz CT molecular complexity index is 461. The van der Waals surface area contributed by atoms with Crippen molar-refractivity contribution in [2.45, 2.75) is 32.9 Å². The minimum absolute atomic E-state index is 0.0882. The van der Waals surface area contributed by atoms with Crippen LogP contribution in [0.5, 0.6) is 0 Å². The van der Waals surface area contributed by atoms with Crippen molar-refractivity contribution in [1.29, 1.82) is 0 Å². The highest BCUT2D eigenvalue weighted by molar-refractivity contribution is 5.94. The van der Waals surface area contributed by atoms with Gasteiger partial charge in [0.2, 0.25) is 0 Å².